The highest BCUT2D eigenvalue weighted by molar-refractivity contribution is 5.96. The molecule has 1 saturated heterocycles. The van der Waals surface area contributed by atoms with Crippen LogP contribution in [0.25, 0.3) is 0 Å². The zero-order valence-electron chi connectivity index (χ0n) is 5.05. The Hall–Kier alpha value is -0.830. The van der Waals surface area contributed by atoms with Gasteiger partial charge in [-0.25, -0.2) is 0 Å². The Balaban J connectivity index is 2.60. The van der Waals surface area contributed by atoms with Crippen LogP contribution in [0.2, 0.25) is 0 Å². The summed E-state index contributed by atoms with van der Waals surface area (Å²) < 4.78 is 0. The van der Waals surface area contributed by atoms with Crippen LogP contribution in [-0.4, -0.2) is 24.0 Å². The van der Waals surface area contributed by atoms with E-state index in [2.05, 4.69) is 5.32 Å². The summed E-state index contributed by atoms with van der Waals surface area (Å²) in [7, 11) is 0. The van der Waals surface area contributed by atoms with Crippen molar-refractivity contribution < 1.29 is 9.90 Å². The van der Waals surface area contributed by atoms with Crippen molar-refractivity contribution in [3.63, 3.8) is 0 Å². The lowest BCUT2D eigenvalue weighted by Crippen LogP contribution is -2.30. The van der Waals surface area contributed by atoms with Crippen molar-refractivity contribution in [2.24, 2.45) is 0 Å². The van der Waals surface area contributed by atoms with Crippen LogP contribution in [-0.2, 0) is 4.79 Å². The van der Waals surface area contributed by atoms with Crippen LogP contribution in [0.3, 0.4) is 0 Å². The Morgan fingerprint density at radius 3 is 2.89 bits per heavy atom. The smallest absolute Gasteiger partial charge is 0.164 e. The molecule has 1 rings (SSSR count). The standard InChI is InChI=1S/C6H9NO2/c8-4-5-3-7-2-1-6(5)9/h4,7-8H,1-3H2/b5-4+. The summed E-state index contributed by atoms with van der Waals surface area (Å²) in [5.74, 6) is 0.0521. The van der Waals surface area contributed by atoms with Gasteiger partial charge < -0.3 is 10.4 Å². The zero-order chi connectivity index (χ0) is 6.69. The second kappa shape index (κ2) is 2.64. The van der Waals surface area contributed by atoms with Gasteiger partial charge in [0.15, 0.2) is 5.78 Å². The number of Topliss-reactive ketones (excluding diaryl/α,β-unsaturated/α-hetero) is 1. The average Bonchev–Trinajstić information content (AvgIpc) is 1.89. The summed E-state index contributed by atoms with van der Waals surface area (Å²) >= 11 is 0. The predicted molar refractivity (Wildman–Crippen MR) is 33.2 cm³/mol. The van der Waals surface area contributed by atoms with Crippen LogP contribution in [0.1, 0.15) is 6.42 Å². The van der Waals surface area contributed by atoms with Crippen molar-refractivity contribution in [3.05, 3.63) is 11.8 Å². The minimum absolute atomic E-state index is 0.0521. The van der Waals surface area contributed by atoms with Crippen LogP contribution >= 0.6 is 0 Å². The molecule has 1 aliphatic heterocycles. The Kier molecular flexibility index (Phi) is 1.85. The van der Waals surface area contributed by atoms with E-state index in [9.17, 15) is 4.79 Å². The highest BCUT2D eigenvalue weighted by atomic mass is 16.2. The topological polar surface area (TPSA) is 49.3 Å². The van der Waals surface area contributed by atoms with Gasteiger partial charge in [0, 0.05) is 25.1 Å². The van der Waals surface area contributed by atoms with Gasteiger partial charge in [0.2, 0.25) is 0 Å². The van der Waals surface area contributed by atoms with E-state index in [0.717, 1.165) is 12.8 Å². The number of aliphatic hydroxyl groups is 1. The molecule has 0 saturated carbocycles. The van der Waals surface area contributed by atoms with E-state index in [-0.39, 0.29) is 5.78 Å². The molecule has 0 aromatic carbocycles. The maximum absolute atomic E-state index is 10.8. The lowest BCUT2D eigenvalue weighted by molar-refractivity contribution is -0.116. The van der Waals surface area contributed by atoms with Gasteiger partial charge in [-0.3, -0.25) is 4.79 Å². The van der Waals surface area contributed by atoms with E-state index in [1.807, 2.05) is 0 Å². The molecule has 3 nitrogen and oxygen atoms in total. The lowest BCUT2D eigenvalue weighted by atomic mass is 10.1. The Morgan fingerprint density at radius 2 is 2.44 bits per heavy atom. The number of nitrogens with one attached hydrogen (secondary N) is 1. The first-order chi connectivity index (χ1) is 4.34. The fraction of sp³-hybridized carbons (Fsp3) is 0.500. The predicted octanol–water partition coefficient (Wildman–Crippen LogP) is -0.00930. The Morgan fingerprint density at radius 1 is 1.67 bits per heavy atom. The fourth-order valence-electron chi connectivity index (χ4n) is 0.802. The van der Waals surface area contributed by atoms with E-state index in [1.54, 1.807) is 0 Å². The number of hydrogen-bond donors (Lipinski definition) is 2. The average molecular weight is 127 g/mol. The highest BCUT2D eigenvalue weighted by Gasteiger charge is 2.13. The van der Waals surface area contributed by atoms with Gasteiger partial charge in [-0.1, -0.05) is 0 Å². The molecule has 0 spiro atoms. The molecule has 0 aliphatic carbocycles. The summed E-state index contributed by atoms with van der Waals surface area (Å²) in [6.45, 7) is 1.24. The highest BCUT2D eigenvalue weighted by Crippen LogP contribution is 2.01. The fourth-order valence-corrected chi connectivity index (χ4v) is 0.802. The molecule has 9 heavy (non-hydrogen) atoms. The molecule has 2 N–H and O–H groups in total. The van der Waals surface area contributed by atoms with Crippen LogP contribution in [0.4, 0.5) is 0 Å². The molecule has 1 fully saturated rings. The minimum atomic E-state index is 0.0521. The number of rotatable bonds is 0. The first-order valence-corrected chi connectivity index (χ1v) is 2.92. The van der Waals surface area contributed by atoms with Crippen molar-refractivity contribution in [2.75, 3.05) is 13.1 Å². The lowest BCUT2D eigenvalue weighted by Gasteiger charge is -2.11. The maximum atomic E-state index is 10.8. The molecule has 3 heteroatoms. The first kappa shape index (κ1) is 6.29. The van der Waals surface area contributed by atoms with Gasteiger partial charge in [0.25, 0.3) is 0 Å². The van der Waals surface area contributed by atoms with E-state index in [1.165, 1.54) is 0 Å². The van der Waals surface area contributed by atoms with E-state index < -0.39 is 0 Å². The number of ketones is 1. The Bertz CT molecular complexity index is 151. The number of carbonyl (C=O) groups is 1. The number of hydrogen-bond acceptors (Lipinski definition) is 3. The minimum Gasteiger partial charge on any atom is -0.515 e. The number of aliphatic hydroxyl groups excluding tert-OH is 1. The van der Waals surface area contributed by atoms with Crippen LogP contribution in [0.5, 0.6) is 0 Å². The summed E-state index contributed by atoms with van der Waals surface area (Å²) in [4.78, 5) is 10.8. The molecular formula is C6H9NO2. The third-order valence-electron chi connectivity index (χ3n) is 1.36. The molecule has 0 unspecified atom stereocenters. The van der Waals surface area contributed by atoms with Gasteiger partial charge in [-0.15, -0.1) is 0 Å². The van der Waals surface area contributed by atoms with E-state index >= 15 is 0 Å². The Labute approximate surface area is 53.4 Å². The van der Waals surface area contributed by atoms with Gasteiger partial charge >= 0.3 is 0 Å². The van der Waals surface area contributed by atoms with Crippen molar-refractivity contribution in [1.29, 1.82) is 0 Å². The molecule has 50 valence electrons. The number of piperidine rings is 1. The van der Waals surface area contributed by atoms with Crippen molar-refractivity contribution in [2.45, 2.75) is 6.42 Å². The molecule has 0 aromatic rings. The van der Waals surface area contributed by atoms with Gasteiger partial charge in [-0.2, -0.15) is 0 Å². The van der Waals surface area contributed by atoms with E-state index in [4.69, 9.17) is 5.11 Å². The van der Waals surface area contributed by atoms with E-state index in [0.29, 0.717) is 18.5 Å². The quantitative estimate of drug-likeness (QED) is 0.355. The molecular weight excluding hydrogens is 118 g/mol. The summed E-state index contributed by atoms with van der Waals surface area (Å²) in [5, 5.41) is 11.4. The number of carbonyl (C=O) groups excluding carboxylic acids is 1. The van der Waals surface area contributed by atoms with Crippen LogP contribution < -0.4 is 5.32 Å². The summed E-state index contributed by atoms with van der Waals surface area (Å²) in [6.07, 6.45) is 1.39. The van der Waals surface area contributed by atoms with Crippen LogP contribution in [0.15, 0.2) is 11.8 Å². The second-order valence-corrected chi connectivity index (χ2v) is 2.00. The van der Waals surface area contributed by atoms with Gasteiger partial charge in [-0.05, 0) is 0 Å². The third-order valence-corrected chi connectivity index (χ3v) is 1.36. The maximum Gasteiger partial charge on any atom is 0.164 e. The molecule has 0 radical (unpaired) electrons. The third kappa shape index (κ3) is 1.29. The first-order valence-electron chi connectivity index (χ1n) is 2.92. The monoisotopic (exact) mass is 127 g/mol. The summed E-state index contributed by atoms with van der Waals surface area (Å²) in [6, 6.07) is 0. The van der Waals surface area contributed by atoms with Gasteiger partial charge in [0.05, 0.1) is 6.26 Å². The van der Waals surface area contributed by atoms with Crippen LogP contribution in [0, 0.1) is 0 Å². The molecule has 0 bridgehead atoms. The molecule has 0 amide bonds. The normalized spacial score (nSPS) is 24.9. The summed E-state index contributed by atoms with van der Waals surface area (Å²) in [5.41, 5.74) is 0.487. The van der Waals surface area contributed by atoms with Crippen molar-refractivity contribution in [1.82, 2.24) is 5.32 Å². The molecule has 0 aromatic heterocycles. The largest absolute Gasteiger partial charge is 0.515 e. The zero-order valence-corrected chi connectivity index (χ0v) is 5.05. The van der Waals surface area contributed by atoms with Crippen molar-refractivity contribution in [3.8, 4) is 0 Å². The SMILES string of the molecule is O=C1CCNC/C1=C\O. The van der Waals surface area contributed by atoms with Gasteiger partial charge in [0.1, 0.15) is 0 Å². The van der Waals surface area contributed by atoms with Crippen molar-refractivity contribution >= 4 is 5.78 Å². The molecule has 1 aliphatic rings. The second-order valence-electron chi connectivity index (χ2n) is 2.00. The molecule has 0 atom stereocenters. The molecule has 1 heterocycles.